The number of anilines is 1. The highest BCUT2D eigenvalue weighted by Crippen LogP contribution is 2.23. The van der Waals surface area contributed by atoms with Gasteiger partial charge in [-0.2, -0.15) is 0 Å². The van der Waals surface area contributed by atoms with Crippen LogP contribution in [0.15, 0.2) is 18.2 Å². The first-order valence-electron chi connectivity index (χ1n) is 7.87. The van der Waals surface area contributed by atoms with E-state index in [0.717, 1.165) is 39.1 Å². The van der Waals surface area contributed by atoms with Crippen molar-refractivity contribution in [3.8, 4) is 0 Å². The van der Waals surface area contributed by atoms with Crippen LogP contribution in [0.5, 0.6) is 0 Å². The minimum atomic E-state index is 0.297. The van der Waals surface area contributed by atoms with Crippen LogP contribution in [0.3, 0.4) is 0 Å². The highest BCUT2D eigenvalue weighted by Gasteiger charge is 2.21. The van der Waals surface area contributed by atoms with E-state index in [1.54, 1.807) is 0 Å². The summed E-state index contributed by atoms with van der Waals surface area (Å²) in [5.74, 6) is 0.297. The lowest BCUT2D eigenvalue weighted by Gasteiger charge is -2.37. The van der Waals surface area contributed by atoms with Gasteiger partial charge in [0.25, 0.3) is 0 Å². The fourth-order valence-corrected chi connectivity index (χ4v) is 2.85. The summed E-state index contributed by atoms with van der Waals surface area (Å²) in [5, 5.41) is 3.09. The lowest BCUT2D eigenvalue weighted by atomic mass is 10.1. The highest BCUT2D eigenvalue weighted by molar-refractivity contribution is 5.76. The quantitative estimate of drug-likeness (QED) is 0.842. The lowest BCUT2D eigenvalue weighted by molar-refractivity contribution is -0.131. The molecule has 2 rings (SSSR count). The molecule has 116 valence electrons. The van der Waals surface area contributed by atoms with E-state index in [1.807, 2.05) is 11.9 Å². The number of rotatable bonds is 5. The second kappa shape index (κ2) is 7.46. The Morgan fingerprint density at radius 2 is 1.90 bits per heavy atom. The Kier molecular flexibility index (Phi) is 5.62. The fourth-order valence-electron chi connectivity index (χ4n) is 2.85. The molecule has 1 N–H and O–H groups in total. The SMILES string of the molecule is CNCCCC(=O)N1CCN(c2cccc(C)c2C)CC1. The van der Waals surface area contributed by atoms with Gasteiger partial charge in [0.05, 0.1) is 0 Å². The monoisotopic (exact) mass is 289 g/mol. The maximum Gasteiger partial charge on any atom is 0.222 e. The molecule has 1 amide bonds. The molecule has 1 aromatic carbocycles. The van der Waals surface area contributed by atoms with E-state index in [9.17, 15) is 4.79 Å². The molecule has 0 bridgehead atoms. The predicted octanol–water partition coefficient (Wildman–Crippen LogP) is 1.95. The van der Waals surface area contributed by atoms with Crippen LogP contribution in [0.25, 0.3) is 0 Å². The van der Waals surface area contributed by atoms with Gasteiger partial charge in [0.2, 0.25) is 5.91 Å². The van der Waals surface area contributed by atoms with Gasteiger partial charge in [-0.25, -0.2) is 0 Å². The predicted molar refractivity (Wildman–Crippen MR) is 87.9 cm³/mol. The van der Waals surface area contributed by atoms with E-state index >= 15 is 0 Å². The number of benzene rings is 1. The van der Waals surface area contributed by atoms with Gasteiger partial charge >= 0.3 is 0 Å². The van der Waals surface area contributed by atoms with Crippen LogP contribution in [0.1, 0.15) is 24.0 Å². The van der Waals surface area contributed by atoms with Crippen LogP contribution >= 0.6 is 0 Å². The molecule has 1 aliphatic heterocycles. The summed E-state index contributed by atoms with van der Waals surface area (Å²) < 4.78 is 0. The van der Waals surface area contributed by atoms with Crippen molar-refractivity contribution in [1.82, 2.24) is 10.2 Å². The molecular weight excluding hydrogens is 262 g/mol. The van der Waals surface area contributed by atoms with Gasteiger partial charge in [-0.05, 0) is 51.1 Å². The van der Waals surface area contributed by atoms with E-state index in [2.05, 4.69) is 42.3 Å². The molecule has 4 nitrogen and oxygen atoms in total. The van der Waals surface area contributed by atoms with E-state index in [-0.39, 0.29) is 0 Å². The van der Waals surface area contributed by atoms with Crippen molar-refractivity contribution in [2.75, 3.05) is 44.7 Å². The Hall–Kier alpha value is -1.55. The van der Waals surface area contributed by atoms with Crippen LogP contribution in [0.4, 0.5) is 5.69 Å². The first-order chi connectivity index (χ1) is 10.1. The zero-order valence-corrected chi connectivity index (χ0v) is 13.5. The Labute approximate surface area is 128 Å². The van der Waals surface area contributed by atoms with Crippen LogP contribution in [-0.2, 0) is 4.79 Å². The number of nitrogens with one attached hydrogen (secondary N) is 1. The second-order valence-corrected chi connectivity index (χ2v) is 5.79. The van der Waals surface area contributed by atoms with Crippen LogP contribution in [0.2, 0.25) is 0 Å². The minimum Gasteiger partial charge on any atom is -0.368 e. The Bertz CT molecular complexity index is 479. The maximum absolute atomic E-state index is 12.1. The Balaban J connectivity index is 1.88. The van der Waals surface area contributed by atoms with Crippen molar-refractivity contribution in [2.45, 2.75) is 26.7 Å². The molecule has 1 aromatic rings. The van der Waals surface area contributed by atoms with Crippen molar-refractivity contribution in [1.29, 1.82) is 0 Å². The molecule has 1 saturated heterocycles. The van der Waals surface area contributed by atoms with Crippen LogP contribution < -0.4 is 10.2 Å². The summed E-state index contributed by atoms with van der Waals surface area (Å²) in [5.41, 5.74) is 4.00. The molecule has 1 fully saturated rings. The molecule has 4 heteroatoms. The second-order valence-electron chi connectivity index (χ2n) is 5.79. The van der Waals surface area contributed by atoms with E-state index < -0.39 is 0 Å². The van der Waals surface area contributed by atoms with E-state index in [1.165, 1.54) is 16.8 Å². The molecule has 0 aromatic heterocycles. The summed E-state index contributed by atoms with van der Waals surface area (Å²) >= 11 is 0. The number of carbonyl (C=O) groups is 1. The summed E-state index contributed by atoms with van der Waals surface area (Å²) in [4.78, 5) is 16.5. The van der Waals surface area contributed by atoms with Gasteiger partial charge in [-0.1, -0.05) is 12.1 Å². The Morgan fingerprint density at radius 3 is 2.57 bits per heavy atom. The molecule has 0 atom stereocenters. The largest absolute Gasteiger partial charge is 0.368 e. The number of hydrogen-bond donors (Lipinski definition) is 1. The molecule has 21 heavy (non-hydrogen) atoms. The third kappa shape index (κ3) is 3.97. The molecule has 1 heterocycles. The molecule has 1 aliphatic rings. The minimum absolute atomic E-state index is 0.297. The molecule has 0 radical (unpaired) electrons. The van der Waals surface area contributed by atoms with Gasteiger partial charge in [-0.3, -0.25) is 4.79 Å². The molecule has 0 unspecified atom stereocenters. The highest BCUT2D eigenvalue weighted by atomic mass is 16.2. The third-order valence-electron chi connectivity index (χ3n) is 4.37. The smallest absolute Gasteiger partial charge is 0.222 e. The molecule has 0 spiro atoms. The van der Waals surface area contributed by atoms with Crippen molar-refractivity contribution in [3.63, 3.8) is 0 Å². The zero-order chi connectivity index (χ0) is 15.2. The van der Waals surface area contributed by atoms with Crippen molar-refractivity contribution >= 4 is 11.6 Å². The number of aryl methyl sites for hydroxylation is 1. The number of carbonyl (C=O) groups excluding carboxylic acids is 1. The summed E-state index contributed by atoms with van der Waals surface area (Å²) in [6.07, 6.45) is 1.58. The van der Waals surface area contributed by atoms with Crippen LogP contribution in [0, 0.1) is 13.8 Å². The summed E-state index contributed by atoms with van der Waals surface area (Å²) in [6, 6.07) is 6.46. The fraction of sp³-hybridized carbons (Fsp3) is 0.588. The summed E-state index contributed by atoms with van der Waals surface area (Å²) in [6.45, 7) is 8.79. The average Bonchev–Trinajstić information content (AvgIpc) is 2.50. The van der Waals surface area contributed by atoms with Gasteiger partial charge in [-0.15, -0.1) is 0 Å². The average molecular weight is 289 g/mol. The van der Waals surface area contributed by atoms with Gasteiger partial charge in [0, 0.05) is 38.3 Å². The van der Waals surface area contributed by atoms with Gasteiger partial charge in [0.1, 0.15) is 0 Å². The van der Waals surface area contributed by atoms with E-state index in [0.29, 0.717) is 12.3 Å². The first-order valence-corrected chi connectivity index (χ1v) is 7.87. The maximum atomic E-state index is 12.1. The number of hydrogen-bond acceptors (Lipinski definition) is 3. The van der Waals surface area contributed by atoms with Gasteiger partial charge < -0.3 is 15.1 Å². The number of amides is 1. The third-order valence-corrected chi connectivity index (χ3v) is 4.37. The van der Waals surface area contributed by atoms with Crippen molar-refractivity contribution < 1.29 is 4.79 Å². The van der Waals surface area contributed by atoms with Gasteiger partial charge in [0.15, 0.2) is 0 Å². The summed E-state index contributed by atoms with van der Waals surface area (Å²) in [7, 11) is 1.92. The topological polar surface area (TPSA) is 35.6 Å². The Morgan fingerprint density at radius 1 is 1.19 bits per heavy atom. The normalized spacial score (nSPS) is 15.4. The van der Waals surface area contributed by atoms with Crippen molar-refractivity contribution in [3.05, 3.63) is 29.3 Å². The number of piperazine rings is 1. The van der Waals surface area contributed by atoms with E-state index in [4.69, 9.17) is 0 Å². The van der Waals surface area contributed by atoms with Crippen molar-refractivity contribution in [2.24, 2.45) is 0 Å². The molecule has 0 aliphatic carbocycles. The first kappa shape index (κ1) is 15.8. The number of nitrogens with zero attached hydrogens (tertiary/aromatic N) is 2. The molecular formula is C17H27N3O. The lowest BCUT2D eigenvalue weighted by Crippen LogP contribution is -2.49. The zero-order valence-electron chi connectivity index (χ0n) is 13.5. The molecule has 0 saturated carbocycles. The van der Waals surface area contributed by atoms with Crippen LogP contribution in [-0.4, -0.2) is 50.6 Å². The standard InChI is InChI=1S/C17H27N3O/c1-14-6-4-7-16(15(14)2)19-10-12-20(13-11-19)17(21)8-5-9-18-3/h4,6-7,18H,5,8-13H2,1-3H3.